The van der Waals surface area contributed by atoms with Crippen LogP contribution < -0.4 is 0 Å². The average Bonchev–Trinajstić information content (AvgIpc) is 2.05. The summed E-state index contributed by atoms with van der Waals surface area (Å²) in [5, 5.41) is 8.68. The lowest BCUT2D eigenvalue weighted by Crippen LogP contribution is -2.31. The van der Waals surface area contributed by atoms with Gasteiger partial charge in [-0.3, -0.25) is 4.79 Å². The number of rotatable bonds is 5. The fraction of sp³-hybridized carbons (Fsp3) is 0.625. The fourth-order valence-corrected chi connectivity index (χ4v) is 0.852. The largest absolute Gasteiger partial charge is 0.481 e. The lowest BCUT2D eigenvalue weighted by atomic mass is 10.1. The zero-order valence-electron chi connectivity index (χ0n) is 7.11. The minimum absolute atomic E-state index is 0.0989. The van der Waals surface area contributed by atoms with E-state index in [0.29, 0.717) is 0 Å². The zero-order valence-corrected chi connectivity index (χ0v) is 7.11. The summed E-state index contributed by atoms with van der Waals surface area (Å²) in [6, 6.07) is 0. The standard InChI is InChI=1S/C8H12O4/c1-4-5-6(7(9)10)8(11-2)12-3/h1,6,8H,5H2,2-3H3,(H,9,10). The van der Waals surface area contributed by atoms with Gasteiger partial charge >= 0.3 is 5.97 Å². The van der Waals surface area contributed by atoms with Crippen molar-refractivity contribution in [3.63, 3.8) is 0 Å². The van der Waals surface area contributed by atoms with Crippen LogP contribution in [-0.4, -0.2) is 31.6 Å². The van der Waals surface area contributed by atoms with Gasteiger partial charge in [0.05, 0.1) is 0 Å². The predicted octanol–water partition coefficient (Wildman–Crippen LogP) is 0.329. The predicted molar refractivity (Wildman–Crippen MR) is 42.4 cm³/mol. The lowest BCUT2D eigenvalue weighted by molar-refractivity contribution is -0.170. The third-order valence-corrected chi connectivity index (χ3v) is 1.45. The second kappa shape index (κ2) is 5.58. The summed E-state index contributed by atoms with van der Waals surface area (Å²) < 4.78 is 9.55. The van der Waals surface area contributed by atoms with Gasteiger partial charge in [-0.1, -0.05) is 0 Å². The van der Waals surface area contributed by atoms with Crippen LogP contribution in [0.25, 0.3) is 0 Å². The third kappa shape index (κ3) is 2.91. The maximum atomic E-state index is 10.6. The van der Waals surface area contributed by atoms with Crippen LogP contribution in [0.1, 0.15) is 6.42 Å². The Bertz CT molecular complexity index is 178. The van der Waals surface area contributed by atoms with Gasteiger partial charge < -0.3 is 14.6 Å². The molecule has 0 amide bonds. The first-order chi connectivity index (χ1) is 5.67. The highest BCUT2D eigenvalue weighted by Crippen LogP contribution is 2.12. The molecule has 1 atom stereocenters. The monoisotopic (exact) mass is 172 g/mol. The van der Waals surface area contributed by atoms with Crippen molar-refractivity contribution in [2.75, 3.05) is 14.2 Å². The van der Waals surface area contributed by atoms with Gasteiger partial charge in [-0.15, -0.1) is 12.3 Å². The van der Waals surface area contributed by atoms with Crippen molar-refractivity contribution >= 4 is 5.97 Å². The van der Waals surface area contributed by atoms with E-state index in [4.69, 9.17) is 21.0 Å². The summed E-state index contributed by atoms with van der Waals surface area (Å²) in [6.45, 7) is 0. The van der Waals surface area contributed by atoms with Crippen LogP contribution in [0.5, 0.6) is 0 Å². The molecular formula is C8H12O4. The number of carboxylic acids is 1. The summed E-state index contributed by atoms with van der Waals surface area (Å²) in [5.41, 5.74) is 0. The van der Waals surface area contributed by atoms with Gasteiger partial charge in [0, 0.05) is 20.6 Å². The van der Waals surface area contributed by atoms with Crippen molar-refractivity contribution in [3.05, 3.63) is 0 Å². The van der Waals surface area contributed by atoms with Crippen LogP contribution in [0.3, 0.4) is 0 Å². The number of methoxy groups -OCH3 is 2. The summed E-state index contributed by atoms with van der Waals surface area (Å²) in [7, 11) is 2.75. The van der Waals surface area contributed by atoms with Crippen molar-refractivity contribution in [1.29, 1.82) is 0 Å². The molecule has 0 aliphatic heterocycles. The molecule has 0 spiro atoms. The number of aliphatic carboxylic acids is 1. The van der Waals surface area contributed by atoms with Gasteiger partial charge in [-0.25, -0.2) is 0 Å². The first-order valence-electron chi connectivity index (χ1n) is 3.39. The Morgan fingerprint density at radius 1 is 1.58 bits per heavy atom. The molecule has 0 aliphatic carbocycles. The first kappa shape index (κ1) is 11.0. The highest BCUT2D eigenvalue weighted by molar-refractivity contribution is 5.70. The first-order valence-corrected chi connectivity index (χ1v) is 3.39. The maximum absolute atomic E-state index is 10.6. The number of carbonyl (C=O) groups is 1. The van der Waals surface area contributed by atoms with E-state index in [2.05, 4.69) is 5.92 Å². The topological polar surface area (TPSA) is 55.8 Å². The molecule has 1 N–H and O–H groups in total. The van der Waals surface area contributed by atoms with Crippen LogP contribution in [-0.2, 0) is 14.3 Å². The Morgan fingerprint density at radius 3 is 2.33 bits per heavy atom. The molecule has 0 bridgehead atoms. The van der Waals surface area contributed by atoms with Crippen LogP contribution in [0.15, 0.2) is 0 Å². The van der Waals surface area contributed by atoms with Crippen LogP contribution in [0.2, 0.25) is 0 Å². The molecule has 0 aromatic rings. The summed E-state index contributed by atoms with van der Waals surface area (Å²) in [5.74, 6) is 0.444. The van der Waals surface area contributed by atoms with E-state index in [1.807, 2.05) is 0 Å². The Labute approximate surface area is 71.5 Å². The van der Waals surface area contributed by atoms with Gasteiger partial charge in [0.15, 0.2) is 6.29 Å². The highest BCUT2D eigenvalue weighted by atomic mass is 16.7. The van der Waals surface area contributed by atoms with Crippen molar-refractivity contribution in [3.8, 4) is 12.3 Å². The van der Waals surface area contributed by atoms with Crippen molar-refractivity contribution < 1.29 is 19.4 Å². The van der Waals surface area contributed by atoms with Crippen molar-refractivity contribution in [2.45, 2.75) is 12.7 Å². The lowest BCUT2D eigenvalue weighted by Gasteiger charge is -2.18. The molecule has 0 fully saturated rings. The van der Waals surface area contributed by atoms with Crippen molar-refractivity contribution in [2.24, 2.45) is 5.92 Å². The third-order valence-electron chi connectivity index (χ3n) is 1.45. The zero-order chi connectivity index (χ0) is 9.56. The molecule has 0 radical (unpaired) electrons. The molecule has 0 aliphatic rings. The smallest absolute Gasteiger partial charge is 0.312 e. The van der Waals surface area contributed by atoms with E-state index in [1.54, 1.807) is 0 Å². The van der Waals surface area contributed by atoms with Crippen LogP contribution in [0, 0.1) is 18.3 Å². The average molecular weight is 172 g/mol. The number of hydrogen-bond donors (Lipinski definition) is 1. The van der Waals surface area contributed by atoms with E-state index in [0.717, 1.165) is 0 Å². The SMILES string of the molecule is C#CCC(C(=O)O)C(OC)OC. The minimum Gasteiger partial charge on any atom is -0.481 e. The molecule has 68 valence electrons. The molecule has 0 saturated carbocycles. The van der Waals surface area contributed by atoms with Gasteiger partial charge in [-0.05, 0) is 0 Å². The Balaban J connectivity index is 4.27. The Hall–Kier alpha value is -1.05. The van der Waals surface area contributed by atoms with E-state index < -0.39 is 18.2 Å². The second-order valence-electron chi connectivity index (χ2n) is 2.19. The van der Waals surface area contributed by atoms with Crippen LogP contribution in [0.4, 0.5) is 0 Å². The number of terminal acetylenes is 1. The number of carboxylic acid groups (broad SMARTS) is 1. The molecule has 0 aromatic carbocycles. The van der Waals surface area contributed by atoms with E-state index in [1.165, 1.54) is 14.2 Å². The number of ether oxygens (including phenoxy) is 2. The Morgan fingerprint density at radius 2 is 2.08 bits per heavy atom. The summed E-state index contributed by atoms with van der Waals surface area (Å²) >= 11 is 0. The minimum atomic E-state index is -1.01. The summed E-state index contributed by atoms with van der Waals surface area (Å²) in [4.78, 5) is 10.6. The highest BCUT2D eigenvalue weighted by Gasteiger charge is 2.26. The van der Waals surface area contributed by atoms with Gasteiger partial charge in [0.1, 0.15) is 5.92 Å². The van der Waals surface area contributed by atoms with Gasteiger partial charge in [0.2, 0.25) is 0 Å². The van der Waals surface area contributed by atoms with Gasteiger partial charge in [0.25, 0.3) is 0 Å². The molecule has 0 heterocycles. The second-order valence-corrected chi connectivity index (χ2v) is 2.19. The van der Waals surface area contributed by atoms with E-state index in [9.17, 15) is 4.79 Å². The van der Waals surface area contributed by atoms with E-state index >= 15 is 0 Å². The fourth-order valence-electron chi connectivity index (χ4n) is 0.852. The molecule has 0 rings (SSSR count). The molecular weight excluding hydrogens is 160 g/mol. The van der Waals surface area contributed by atoms with E-state index in [-0.39, 0.29) is 6.42 Å². The van der Waals surface area contributed by atoms with Crippen molar-refractivity contribution in [1.82, 2.24) is 0 Å². The molecule has 1 unspecified atom stereocenters. The molecule has 0 saturated heterocycles. The van der Waals surface area contributed by atoms with Gasteiger partial charge in [-0.2, -0.15) is 0 Å². The molecule has 4 nitrogen and oxygen atoms in total. The number of hydrogen-bond acceptors (Lipinski definition) is 3. The molecule has 0 aromatic heterocycles. The van der Waals surface area contributed by atoms with Crippen LogP contribution >= 0.6 is 0 Å². The normalized spacial score (nSPS) is 12.5. The molecule has 12 heavy (non-hydrogen) atoms. The summed E-state index contributed by atoms with van der Waals surface area (Å²) in [6.07, 6.45) is 4.31. The molecule has 4 heteroatoms. The maximum Gasteiger partial charge on any atom is 0.312 e. The quantitative estimate of drug-likeness (QED) is 0.479. The Kier molecular flexibility index (Phi) is 5.09.